The van der Waals surface area contributed by atoms with Gasteiger partial charge in [-0.1, -0.05) is 18.2 Å². The fourth-order valence-corrected chi connectivity index (χ4v) is 0.563. The maximum Gasteiger partial charge on any atom is 0.129 e. The Balaban J connectivity index is 0.000000292. The number of rotatable bonds is 0. The molecule has 0 aliphatic heterocycles. The lowest BCUT2D eigenvalue weighted by Crippen LogP contribution is -1.68. The Morgan fingerprint density at radius 3 is 2.00 bits per heavy atom. The number of benzene rings is 1. The van der Waals surface area contributed by atoms with Gasteiger partial charge >= 0.3 is 0 Å². The second-order valence-electron chi connectivity index (χ2n) is 2.19. The van der Waals surface area contributed by atoms with Crippen molar-refractivity contribution in [2.45, 2.75) is 6.92 Å². The maximum atomic E-state index is 8.92. The Labute approximate surface area is 73.3 Å². The predicted octanol–water partition coefficient (Wildman–Crippen LogP) is -0.736. The van der Waals surface area contributed by atoms with E-state index in [2.05, 4.69) is 4.12 Å². The highest BCUT2D eigenvalue weighted by Crippen LogP contribution is 2.12. The van der Waals surface area contributed by atoms with Crippen molar-refractivity contribution in [1.29, 1.82) is 0 Å². The second-order valence-corrected chi connectivity index (χ2v) is 5.46. The predicted molar refractivity (Wildman–Crippen MR) is 53.8 cm³/mol. The van der Waals surface area contributed by atoms with Crippen LogP contribution in [0.2, 0.25) is 0 Å². The van der Waals surface area contributed by atoms with Crippen molar-refractivity contribution in [3.8, 4) is 5.75 Å². The molecule has 0 radical (unpaired) electrons. The molecule has 1 aromatic carbocycles. The van der Waals surface area contributed by atoms with Gasteiger partial charge in [0.05, 0.1) is 0 Å². The molecule has 0 aromatic heterocycles. The lowest BCUT2D eigenvalue weighted by atomic mass is 10.2. The van der Waals surface area contributed by atoms with Crippen LogP contribution in [0.15, 0.2) is 24.3 Å². The minimum Gasteiger partial charge on any atom is -0.508 e. The number of phenols is 1. The van der Waals surface area contributed by atoms with Crippen LogP contribution in [0.1, 0.15) is 5.56 Å². The molecule has 11 heavy (non-hydrogen) atoms. The van der Waals surface area contributed by atoms with E-state index in [4.69, 9.17) is 5.11 Å². The summed E-state index contributed by atoms with van der Waals surface area (Å²) in [5.74, 6) is 0.368. The first-order valence-electron chi connectivity index (χ1n) is 3.37. The van der Waals surface area contributed by atoms with Crippen molar-refractivity contribution in [2.75, 3.05) is 0 Å². The summed E-state index contributed by atoms with van der Waals surface area (Å²) in [5, 5.41) is 8.92. The molecule has 0 amide bonds. The molecule has 0 atom stereocenters. The van der Waals surface area contributed by atoms with Gasteiger partial charge in [-0.15, -0.1) is 0 Å². The number of aryl methyl sites for hydroxylation is 1. The Morgan fingerprint density at radius 2 is 1.73 bits per heavy atom. The molecular weight excluding hydrogens is 172 g/mol. The molecular formula is C7H14O2Si2. The molecule has 0 aliphatic carbocycles. The smallest absolute Gasteiger partial charge is 0.129 e. The van der Waals surface area contributed by atoms with E-state index >= 15 is 0 Å². The van der Waals surface area contributed by atoms with Crippen LogP contribution in [0.3, 0.4) is 0 Å². The van der Waals surface area contributed by atoms with Gasteiger partial charge < -0.3 is 9.22 Å². The van der Waals surface area contributed by atoms with E-state index in [1.165, 1.54) is 0 Å². The van der Waals surface area contributed by atoms with Crippen LogP contribution in [0.5, 0.6) is 5.75 Å². The van der Waals surface area contributed by atoms with Crippen LogP contribution in [0, 0.1) is 6.92 Å². The normalized spacial score (nSPS) is 8.82. The number of aromatic hydroxyl groups is 1. The molecule has 0 unspecified atom stereocenters. The summed E-state index contributed by atoms with van der Waals surface area (Å²) in [6.45, 7) is 1.87. The Hall–Kier alpha value is -0.586. The third kappa shape index (κ3) is 4.77. The van der Waals surface area contributed by atoms with E-state index in [0.717, 1.165) is 26.5 Å². The first kappa shape index (κ1) is 10.4. The van der Waals surface area contributed by atoms with Crippen molar-refractivity contribution >= 4 is 21.0 Å². The van der Waals surface area contributed by atoms with E-state index in [9.17, 15) is 0 Å². The monoisotopic (exact) mass is 186 g/mol. The lowest BCUT2D eigenvalue weighted by molar-refractivity contribution is 0.471. The summed E-state index contributed by atoms with van der Waals surface area (Å²) in [6.07, 6.45) is 0. The average molecular weight is 186 g/mol. The summed E-state index contributed by atoms with van der Waals surface area (Å²) in [5.41, 5.74) is 0.924. The topological polar surface area (TPSA) is 29.5 Å². The second kappa shape index (κ2) is 6.15. The number of phenolic OH excluding ortho intramolecular Hbond substituents is 1. The summed E-state index contributed by atoms with van der Waals surface area (Å²) >= 11 is 0. The van der Waals surface area contributed by atoms with Gasteiger partial charge in [0.15, 0.2) is 0 Å². The van der Waals surface area contributed by atoms with Crippen molar-refractivity contribution in [2.24, 2.45) is 0 Å². The SMILES string of the molecule is Cc1ccccc1O.[SiH3]O[SiH3]. The molecule has 0 bridgehead atoms. The Kier molecular flexibility index (Phi) is 5.82. The molecule has 0 heterocycles. The molecule has 0 saturated heterocycles. The van der Waals surface area contributed by atoms with Crippen LogP contribution in [0.25, 0.3) is 0 Å². The Morgan fingerprint density at radius 1 is 1.27 bits per heavy atom. The van der Waals surface area contributed by atoms with Crippen molar-refractivity contribution < 1.29 is 9.22 Å². The standard InChI is InChI=1S/C7H8O.H6OSi2/c1-6-4-2-3-5-7(6)8;2-1-3/h2-5,8H,1H3;2-3H3. The largest absolute Gasteiger partial charge is 0.508 e. The third-order valence-corrected chi connectivity index (χ3v) is 1.12. The summed E-state index contributed by atoms with van der Waals surface area (Å²) in [6, 6.07) is 7.25. The molecule has 2 nitrogen and oxygen atoms in total. The van der Waals surface area contributed by atoms with E-state index < -0.39 is 0 Å². The van der Waals surface area contributed by atoms with Crippen LogP contribution in [0.4, 0.5) is 0 Å². The first-order chi connectivity index (χ1) is 5.22. The summed E-state index contributed by atoms with van der Waals surface area (Å²) in [7, 11) is 1.86. The molecule has 0 aliphatic rings. The zero-order valence-electron chi connectivity index (χ0n) is 7.16. The van der Waals surface area contributed by atoms with E-state index in [0.29, 0.717) is 5.75 Å². The van der Waals surface area contributed by atoms with Crippen LogP contribution < -0.4 is 0 Å². The Bertz CT molecular complexity index is 182. The van der Waals surface area contributed by atoms with Crippen LogP contribution in [-0.4, -0.2) is 26.1 Å². The molecule has 1 N–H and O–H groups in total. The zero-order chi connectivity index (χ0) is 8.69. The summed E-state index contributed by atoms with van der Waals surface area (Å²) < 4.78 is 4.53. The molecule has 0 saturated carbocycles. The lowest BCUT2D eigenvalue weighted by Gasteiger charge is -1.92. The van der Waals surface area contributed by atoms with Gasteiger partial charge in [-0.3, -0.25) is 0 Å². The van der Waals surface area contributed by atoms with Gasteiger partial charge in [-0.25, -0.2) is 0 Å². The minimum atomic E-state index is 0.368. The van der Waals surface area contributed by atoms with Gasteiger partial charge in [-0.05, 0) is 18.6 Å². The van der Waals surface area contributed by atoms with E-state index in [1.807, 2.05) is 25.1 Å². The fraction of sp³-hybridized carbons (Fsp3) is 0.143. The van der Waals surface area contributed by atoms with Crippen molar-refractivity contribution in [1.82, 2.24) is 0 Å². The number of hydrogen-bond donors (Lipinski definition) is 1. The van der Waals surface area contributed by atoms with Gasteiger partial charge in [0.25, 0.3) is 0 Å². The average Bonchev–Trinajstić information content (AvgIpc) is 1.97. The fourth-order valence-electron chi connectivity index (χ4n) is 0.563. The number of hydrogen-bond acceptors (Lipinski definition) is 2. The minimum absolute atomic E-state index is 0.368. The summed E-state index contributed by atoms with van der Waals surface area (Å²) in [4.78, 5) is 0. The maximum absolute atomic E-state index is 8.92. The van der Waals surface area contributed by atoms with E-state index in [1.54, 1.807) is 6.07 Å². The quantitative estimate of drug-likeness (QED) is 0.541. The third-order valence-electron chi connectivity index (χ3n) is 1.12. The van der Waals surface area contributed by atoms with Crippen LogP contribution in [-0.2, 0) is 4.12 Å². The molecule has 62 valence electrons. The number of para-hydroxylation sites is 1. The van der Waals surface area contributed by atoms with Crippen LogP contribution >= 0.6 is 0 Å². The van der Waals surface area contributed by atoms with Crippen molar-refractivity contribution in [3.05, 3.63) is 29.8 Å². The highest BCUT2D eigenvalue weighted by Gasteiger charge is 1.86. The van der Waals surface area contributed by atoms with Gasteiger partial charge in [0.2, 0.25) is 0 Å². The molecule has 1 aromatic rings. The highest BCUT2D eigenvalue weighted by molar-refractivity contribution is 6.15. The van der Waals surface area contributed by atoms with Crippen molar-refractivity contribution in [3.63, 3.8) is 0 Å². The first-order valence-corrected chi connectivity index (χ1v) is 5.00. The molecule has 0 fully saturated rings. The highest BCUT2D eigenvalue weighted by atomic mass is 28.3. The molecule has 4 heteroatoms. The van der Waals surface area contributed by atoms with Gasteiger partial charge in [0.1, 0.15) is 26.7 Å². The molecule has 0 spiro atoms. The van der Waals surface area contributed by atoms with Gasteiger partial charge in [-0.2, -0.15) is 0 Å². The zero-order valence-corrected chi connectivity index (χ0v) is 11.2. The van der Waals surface area contributed by atoms with Gasteiger partial charge in [0, 0.05) is 0 Å². The van der Waals surface area contributed by atoms with E-state index in [-0.39, 0.29) is 0 Å². The molecule has 1 rings (SSSR count).